The number of carbonyl (C=O) groups excluding carboxylic acids is 1. The van der Waals surface area contributed by atoms with E-state index in [1.54, 1.807) is 11.8 Å². The van der Waals surface area contributed by atoms with Crippen molar-refractivity contribution >= 4 is 17.7 Å². The Labute approximate surface area is 177 Å². The molecule has 0 aliphatic heterocycles. The summed E-state index contributed by atoms with van der Waals surface area (Å²) in [7, 11) is 0. The van der Waals surface area contributed by atoms with Gasteiger partial charge in [0, 0.05) is 16.2 Å². The maximum Gasteiger partial charge on any atom is 0.251 e. The maximum absolute atomic E-state index is 12.5. The van der Waals surface area contributed by atoms with Crippen molar-refractivity contribution in [2.24, 2.45) is 0 Å². The minimum atomic E-state index is -0.0803. The highest BCUT2D eigenvalue weighted by atomic mass is 32.2. The van der Waals surface area contributed by atoms with Crippen molar-refractivity contribution < 1.29 is 9.53 Å². The number of carbonyl (C=O) groups is 1. The molecular formula is C25H27NO2S. The van der Waals surface area contributed by atoms with Gasteiger partial charge in [0.25, 0.3) is 5.91 Å². The number of benzene rings is 3. The van der Waals surface area contributed by atoms with E-state index in [0.29, 0.717) is 12.2 Å². The average Bonchev–Trinajstić information content (AvgIpc) is 2.78. The number of hydrogen-bond donors (Lipinski definition) is 1. The second-order valence-electron chi connectivity index (χ2n) is 6.82. The zero-order chi connectivity index (χ0) is 20.5. The zero-order valence-corrected chi connectivity index (χ0v) is 17.7. The van der Waals surface area contributed by atoms with Crippen LogP contribution in [-0.4, -0.2) is 18.3 Å². The third kappa shape index (κ3) is 6.40. The van der Waals surface area contributed by atoms with Crippen LogP contribution in [0.15, 0.2) is 83.8 Å². The molecule has 3 aromatic carbocycles. The zero-order valence-electron chi connectivity index (χ0n) is 16.9. The Morgan fingerprint density at radius 1 is 0.966 bits per heavy atom. The molecule has 0 radical (unpaired) electrons. The first kappa shape index (κ1) is 21.0. The van der Waals surface area contributed by atoms with Gasteiger partial charge in [-0.05, 0) is 60.9 Å². The molecule has 0 heterocycles. The summed E-state index contributed by atoms with van der Waals surface area (Å²) in [5.74, 6) is 1.57. The summed E-state index contributed by atoms with van der Waals surface area (Å²) in [6, 6.07) is 25.9. The minimum absolute atomic E-state index is 0.0423. The second kappa shape index (κ2) is 10.7. The quantitative estimate of drug-likeness (QED) is 0.355. The summed E-state index contributed by atoms with van der Waals surface area (Å²) in [4.78, 5) is 13.8. The molecule has 0 unspecified atom stereocenters. The molecule has 4 heteroatoms. The van der Waals surface area contributed by atoms with Crippen LogP contribution < -0.4 is 10.1 Å². The van der Waals surface area contributed by atoms with E-state index in [2.05, 4.69) is 48.6 Å². The summed E-state index contributed by atoms with van der Waals surface area (Å²) in [5, 5.41) is 3.06. The van der Waals surface area contributed by atoms with Gasteiger partial charge >= 0.3 is 0 Å². The van der Waals surface area contributed by atoms with Gasteiger partial charge in [0.1, 0.15) is 5.75 Å². The van der Waals surface area contributed by atoms with Crippen molar-refractivity contribution in [1.82, 2.24) is 5.32 Å². The van der Waals surface area contributed by atoms with Crippen molar-refractivity contribution in [2.75, 3.05) is 12.4 Å². The fourth-order valence-corrected chi connectivity index (χ4v) is 3.70. The first-order valence-corrected chi connectivity index (χ1v) is 10.9. The lowest BCUT2D eigenvalue weighted by atomic mass is 10.0. The Morgan fingerprint density at radius 2 is 1.66 bits per heavy atom. The Kier molecular flexibility index (Phi) is 7.77. The third-order valence-corrected chi connectivity index (χ3v) is 5.69. The molecule has 29 heavy (non-hydrogen) atoms. The lowest BCUT2D eigenvalue weighted by Gasteiger charge is -2.15. The first-order valence-electron chi connectivity index (χ1n) is 9.96. The number of amides is 1. The molecule has 0 aromatic heterocycles. The lowest BCUT2D eigenvalue weighted by molar-refractivity contribution is 0.0940. The molecule has 0 fully saturated rings. The van der Waals surface area contributed by atoms with Gasteiger partial charge in [0.15, 0.2) is 0 Å². The largest absolute Gasteiger partial charge is 0.493 e. The van der Waals surface area contributed by atoms with Gasteiger partial charge in [-0.15, -0.1) is 11.8 Å². The SMILES string of the molecule is CCc1ccc([C@@H](C)NC(=O)c2ccc(OCCSc3ccccc3)cc2)cc1. The van der Waals surface area contributed by atoms with Crippen LogP contribution in [0.3, 0.4) is 0 Å². The molecular weight excluding hydrogens is 378 g/mol. The maximum atomic E-state index is 12.5. The topological polar surface area (TPSA) is 38.3 Å². The average molecular weight is 406 g/mol. The van der Waals surface area contributed by atoms with Gasteiger partial charge in [0.2, 0.25) is 0 Å². The third-order valence-electron chi connectivity index (χ3n) is 4.72. The molecule has 3 rings (SSSR count). The minimum Gasteiger partial charge on any atom is -0.493 e. The second-order valence-corrected chi connectivity index (χ2v) is 7.99. The fraction of sp³-hybridized carbons (Fsp3) is 0.240. The van der Waals surface area contributed by atoms with Crippen molar-refractivity contribution in [3.8, 4) is 5.75 Å². The Hall–Kier alpha value is -2.72. The van der Waals surface area contributed by atoms with E-state index in [1.165, 1.54) is 10.5 Å². The van der Waals surface area contributed by atoms with Gasteiger partial charge in [0.05, 0.1) is 12.6 Å². The number of rotatable bonds is 9. The standard InChI is InChI=1S/C25H27NO2S/c1-3-20-9-11-21(12-10-20)19(2)26-25(27)22-13-15-23(16-14-22)28-17-18-29-24-7-5-4-6-8-24/h4-16,19H,3,17-18H2,1-2H3,(H,26,27)/t19-/m1/s1. The van der Waals surface area contributed by atoms with E-state index < -0.39 is 0 Å². The molecule has 0 aliphatic carbocycles. The molecule has 0 aliphatic rings. The number of thioether (sulfide) groups is 1. The number of aryl methyl sites for hydroxylation is 1. The molecule has 0 spiro atoms. The van der Waals surface area contributed by atoms with Crippen LogP contribution in [0.25, 0.3) is 0 Å². The Morgan fingerprint density at radius 3 is 2.31 bits per heavy atom. The molecule has 3 aromatic rings. The van der Waals surface area contributed by atoms with Gasteiger partial charge in [-0.2, -0.15) is 0 Å². The molecule has 1 amide bonds. The van der Waals surface area contributed by atoms with E-state index in [4.69, 9.17) is 4.74 Å². The van der Waals surface area contributed by atoms with Crippen LogP contribution in [0.4, 0.5) is 0 Å². The van der Waals surface area contributed by atoms with E-state index in [9.17, 15) is 4.79 Å². The molecule has 1 atom stereocenters. The van der Waals surface area contributed by atoms with Gasteiger partial charge in [-0.25, -0.2) is 0 Å². The summed E-state index contributed by atoms with van der Waals surface area (Å²) in [5.41, 5.74) is 3.03. The Bertz CT molecular complexity index is 892. The molecule has 3 nitrogen and oxygen atoms in total. The lowest BCUT2D eigenvalue weighted by Crippen LogP contribution is -2.26. The fourth-order valence-electron chi connectivity index (χ4n) is 2.94. The predicted octanol–water partition coefficient (Wildman–Crippen LogP) is 5.91. The van der Waals surface area contributed by atoms with Crippen molar-refractivity contribution in [3.05, 3.63) is 95.6 Å². The first-order chi connectivity index (χ1) is 14.2. The van der Waals surface area contributed by atoms with Crippen LogP contribution in [-0.2, 0) is 6.42 Å². The summed E-state index contributed by atoms with van der Waals surface area (Å²) in [6.45, 7) is 4.76. The molecule has 0 bridgehead atoms. The highest BCUT2D eigenvalue weighted by molar-refractivity contribution is 7.99. The summed E-state index contributed by atoms with van der Waals surface area (Å²) < 4.78 is 5.78. The van der Waals surface area contributed by atoms with Crippen LogP contribution in [0.2, 0.25) is 0 Å². The van der Waals surface area contributed by atoms with Crippen molar-refractivity contribution in [3.63, 3.8) is 0 Å². The Balaban J connectivity index is 1.46. The normalized spacial score (nSPS) is 11.7. The highest BCUT2D eigenvalue weighted by Gasteiger charge is 2.11. The van der Waals surface area contributed by atoms with E-state index in [0.717, 1.165) is 23.5 Å². The molecule has 150 valence electrons. The van der Waals surface area contributed by atoms with Crippen molar-refractivity contribution in [2.45, 2.75) is 31.2 Å². The number of hydrogen-bond acceptors (Lipinski definition) is 3. The van der Waals surface area contributed by atoms with Gasteiger partial charge < -0.3 is 10.1 Å². The van der Waals surface area contributed by atoms with Crippen molar-refractivity contribution in [1.29, 1.82) is 0 Å². The highest BCUT2D eigenvalue weighted by Crippen LogP contribution is 2.19. The van der Waals surface area contributed by atoms with E-state index in [-0.39, 0.29) is 11.9 Å². The van der Waals surface area contributed by atoms with E-state index in [1.807, 2.05) is 49.4 Å². The van der Waals surface area contributed by atoms with Gasteiger partial charge in [-0.1, -0.05) is 49.4 Å². The van der Waals surface area contributed by atoms with Crippen LogP contribution >= 0.6 is 11.8 Å². The monoisotopic (exact) mass is 405 g/mol. The van der Waals surface area contributed by atoms with Crippen LogP contribution in [0, 0.1) is 0 Å². The summed E-state index contributed by atoms with van der Waals surface area (Å²) >= 11 is 1.77. The van der Waals surface area contributed by atoms with Gasteiger partial charge in [-0.3, -0.25) is 4.79 Å². The van der Waals surface area contributed by atoms with E-state index >= 15 is 0 Å². The predicted molar refractivity (Wildman–Crippen MR) is 121 cm³/mol. The smallest absolute Gasteiger partial charge is 0.251 e. The number of nitrogens with one attached hydrogen (secondary N) is 1. The van der Waals surface area contributed by atoms with Crippen LogP contribution in [0.1, 0.15) is 41.4 Å². The molecule has 0 saturated carbocycles. The molecule has 0 saturated heterocycles. The molecule has 1 N–H and O–H groups in total. The summed E-state index contributed by atoms with van der Waals surface area (Å²) in [6.07, 6.45) is 1.01. The number of ether oxygens (including phenoxy) is 1. The van der Waals surface area contributed by atoms with Crippen LogP contribution in [0.5, 0.6) is 5.75 Å².